The molecule has 0 aliphatic heterocycles. The first-order valence-electron chi connectivity index (χ1n) is 5.22. The molecule has 1 aromatic carbocycles. The number of carbonyl (C=O) groups excluding carboxylic acids is 1. The van der Waals surface area contributed by atoms with Gasteiger partial charge in [-0.25, -0.2) is 9.78 Å². The number of pyridine rings is 1. The summed E-state index contributed by atoms with van der Waals surface area (Å²) in [6.45, 7) is 0. The van der Waals surface area contributed by atoms with Gasteiger partial charge in [-0.2, -0.15) is 4.39 Å². The van der Waals surface area contributed by atoms with Crippen LogP contribution in [0.15, 0.2) is 30.3 Å². The van der Waals surface area contributed by atoms with E-state index in [0.29, 0.717) is 15.6 Å². The highest BCUT2D eigenvalue weighted by Crippen LogP contribution is 2.28. The SMILES string of the molecule is COC(=O)c1cc(F)nc(-c2ccc(Cl)c(Cl)c2)c1. The van der Waals surface area contributed by atoms with Crippen molar-refractivity contribution >= 4 is 29.2 Å². The second-order valence-corrected chi connectivity index (χ2v) is 4.50. The monoisotopic (exact) mass is 299 g/mol. The highest BCUT2D eigenvalue weighted by molar-refractivity contribution is 6.42. The zero-order valence-corrected chi connectivity index (χ0v) is 11.3. The minimum atomic E-state index is -0.774. The minimum absolute atomic E-state index is 0.0797. The van der Waals surface area contributed by atoms with Crippen molar-refractivity contribution in [3.8, 4) is 11.3 Å². The summed E-state index contributed by atoms with van der Waals surface area (Å²) in [6.07, 6.45) is 0. The summed E-state index contributed by atoms with van der Waals surface area (Å²) in [4.78, 5) is 15.1. The summed E-state index contributed by atoms with van der Waals surface area (Å²) in [6, 6.07) is 7.19. The van der Waals surface area contributed by atoms with Crippen LogP contribution in [0, 0.1) is 5.95 Å². The Morgan fingerprint density at radius 3 is 2.58 bits per heavy atom. The molecule has 0 N–H and O–H groups in total. The largest absolute Gasteiger partial charge is 0.465 e. The van der Waals surface area contributed by atoms with E-state index in [1.54, 1.807) is 18.2 Å². The maximum atomic E-state index is 13.4. The lowest BCUT2D eigenvalue weighted by Gasteiger charge is -2.05. The molecule has 0 fully saturated rings. The summed E-state index contributed by atoms with van der Waals surface area (Å²) in [5, 5.41) is 0.708. The van der Waals surface area contributed by atoms with Gasteiger partial charge in [-0.05, 0) is 18.2 Å². The fraction of sp³-hybridized carbons (Fsp3) is 0.0769. The highest BCUT2D eigenvalue weighted by Gasteiger charge is 2.12. The van der Waals surface area contributed by atoms with Crippen LogP contribution in [0.4, 0.5) is 4.39 Å². The first kappa shape index (κ1) is 13.8. The standard InChI is InChI=1S/C13H8Cl2FNO2/c1-19-13(18)8-5-11(17-12(16)6-8)7-2-3-9(14)10(15)4-7/h2-6H,1H3. The van der Waals surface area contributed by atoms with E-state index >= 15 is 0 Å². The van der Waals surface area contributed by atoms with Gasteiger partial charge in [0.15, 0.2) is 0 Å². The molecule has 0 bridgehead atoms. The molecule has 0 spiro atoms. The Balaban J connectivity index is 2.52. The number of esters is 1. The molecule has 0 amide bonds. The zero-order chi connectivity index (χ0) is 14.0. The summed E-state index contributed by atoms with van der Waals surface area (Å²) >= 11 is 11.7. The first-order valence-corrected chi connectivity index (χ1v) is 5.98. The molecule has 3 nitrogen and oxygen atoms in total. The van der Waals surface area contributed by atoms with Crippen molar-refractivity contribution in [2.75, 3.05) is 7.11 Å². The Bertz CT molecular complexity index is 647. The summed E-state index contributed by atoms with van der Waals surface area (Å²) in [7, 11) is 1.22. The molecule has 19 heavy (non-hydrogen) atoms. The van der Waals surface area contributed by atoms with E-state index in [9.17, 15) is 9.18 Å². The number of ether oxygens (including phenoxy) is 1. The lowest BCUT2D eigenvalue weighted by Crippen LogP contribution is -2.03. The van der Waals surface area contributed by atoms with Gasteiger partial charge in [-0.1, -0.05) is 29.3 Å². The number of carbonyl (C=O) groups is 1. The third kappa shape index (κ3) is 3.03. The molecular formula is C13H8Cl2FNO2. The van der Waals surface area contributed by atoms with Crippen molar-refractivity contribution in [3.05, 3.63) is 51.9 Å². The lowest BCUT2D eigenvalue weighted by molar-refractivity contribution is 0.0600. The summed E-state index contributed by atoms with van der Waals surface area (Å²) in [5.41, 5.74) is 0.911. The second-order valence-electron chi connectivity index (χ2n) is 3.68. The number of hydrogen-bond acceptors (Lipinski definition) is 3. The fourth-order valence-electron chi connectivity index (χ4n) is 1.54. The molecule has 1 aromatic heterocycles. The number of methoxy groups -OCH3 is 1. The van der Waals surface area contributed by atoms with Crippen LogP contribution >= 0.6 is 23.2 Å². The van der Waals surface area contributed by atoms with E-state index in [0.717, 1.165) is 6.07 Å². The first-order chi connectivity index (χ1) is 9.01. The molecule has 2 rings (SSSR count). The molecule has 98 valence electrons. The summed E-state index contributed by atoms with van der Waals surface area (Å²) in [5.74, 6) is -1.41. The van der Waals surface area contributed by atoms with Crippen LogP contribution in [0.1, 0.15) is 10.4 Å². The van der Waals surface area contributed by atoms with E-state index in [1.165, 1.54) is 13.2 Å². The second kappa shape index (κ2) is 5.55. The Morgan fingerprint density at radius 1 is 1.21 bits per heavy atom. The van der Waals surface area contributed by atoms with E-state index in [4.69, 9.17) is 23.2 Å². The maximum Gasteiger partial charge on any atom is 0.338 e. The maximum absolute atomic E-state index is 13.4. The Kier molecular flexibility index (Phi) is 4.02. The number of hydrogen-bond donors (Lipinski definition) is 0. The Labute approximate surface area is 118 Å². The average molecular weight is 300 g/mol. The minimum Gasteiger partial charge on any atom is -0.465 e. The van der Waals surface area contributed by atoms with Gasteiger partial charge >= 0.3 is 5.97 Å². The van der Waals surface area contributed by atoms with E-state index in [2.05, 4.69) is 9.72 Å². The van der Waals surface area contributed by atoms with Crippen molar-refractivity contribution in [2.45, 2.75) is 0 Å². The molecular weight excluding hydrogens is 292 g/mol. The van der Waals surface area contributed by atoms with Crippen molar-refractivity contribution in [2.24, 2.45) is 0 Å². The van der Waals surface area contributed by atoms with Crippen LogP contribution in [0.5, 0.6) is 0 Å². The van der Waals surface area contributed by atoms with Crippen LogP contribution < -0.4 is 0 Å². The lowest BCUT2D eigenvalue weighted by atomic mass is 10.1. The van der Waals surface area contributed by atoms with Gasteiger partial charge in [0.2, 0.25) is 5.95 Å². The number of nitrogens with zero attached hydrogens (tertiary/aromatic N) is 1. The van der Waals surface area contributed by atoms with Gasteiger partial charge in [0, 0.05) is 11.6 Å². The van der Waals surface area contributed by atoms with Crippen LogP contribution in [0.3, 0.4) is 0 Å². The van der Waals surface area contributed by atoms with E-state index < -0.39 is 11.9 Å². The van der Waals surface area contributed by atoms with E-state index in [-0.39, 0.29) is 11.3 Å². The Hall–Kier alpha value is -1.65. The van der Waals surface area contributed by atoms with Crippen LogP contribution in [-0.4, -0.2) is 18.1 Å². The Morgan fingerprint density at radius 2 is 1.95 bits per heavy atom. The van der Waals surface area contributed by atoms with Gasteiger partial charge < -0.3 is 4.74 Å². The van der Waals surface area contributed by atoms with Crippen molar-refractivity contribution in [1.82, 2.24) is 4.98 Å². The van der Waals surface area contributed by atoms with Crippen LogP contribution in [0.2, 0.25) is 10.0 Å². The third-order valence-electron chi connectivity index (χ3n) is 2.43. The van der Waals surface area contributed by atoms with Crippen molar-refractivity contribution < 1.29 is 13.9 Å². The molecule has 1 heterocycles. The molecule has 0 atom stereocenters. The molecule has 0 unspecified atom stereocenters. The third-order valence-corrected chi connectivity index (χ3v) is 3.17. The predicted octanol–water partition coefficient (Wildman–Crippen LogP) is 3.98. The van der Waals surface area contributed by atoms with E-state index in [1.807, 2.05) is 0 Å². The van der Waals surface area contributed by atoms with Crippen molar-refractivity contribution in [1.29, 1.82) is 0 Å². The van der Waals surface area contributed by atoms with Crippen LogP contribution in [0.25, 0.3) is 11.3 Å². The van der Waals surface area contributed by atoms with Gasteiger partial charge in [0.05, 0.1) is 28.4 Å². The predicted molar refractivity (Wildman–Crippen MR) is 71.0 cm³/mol. The molecule has 0 radical (unpaired) electrons. The van der Waals surface area contributed by atoms with Gasteiger partial charge in [0.1, 0.15) is 0 Å². The van der Waals surface area contributed by atoms with Gasteiger partial charge in [-0.15, -0.1) is 0 Å². The van der Waals surface area contributed by atoms with Gasteiger partial charge in [-0.3, -0.25) is 0 Å². The zero-order valence-electron chi connectivity index (χ0n) is 9.78. The van der Waals surface area contributed by atoms with Crippen molar-refractivity contribution in [3.63, 3.8) is 0 Å². The summed E-state index contributed by atoms with van der Waals surface area (Å²) < 4.78 is 18.0. The fourth-order valence-corrected chi connectivity index (χ4v) is 1.83. The average Bonchev–Trinajstić information content (AvgIpc) is 2.40. The number of benzene rings is 1. The smallest absolute Gasteiger partial charge is 0.338 e. The van der Waals surface area contributed by atoms with Gasteiger partial charge in [0.25, 0.3) is 0 Å². The molecule has 0 saturated carbocycles. The molecule has 0 saturated heterocycles. The molecule has 6 heteroatoms. The van der Waals surface area contributed by atoms with Crippen LogP contribution in [-0.2, 0) is 4.74 Å². The number of aromatic nitrogens is 1. The highest BCUT2D eigenvalue weighted by atomic mass is 35.5. The molecule has 0 aliphatic rings. The molecule has 0 aliphatic carbocycles. The topological polar surface area (TPSA) is 39.2 Å². The normalized spacial score (nSPS) is 10.3. The quantitative estimate of drug-likeness (QED) is 0.622. The number of halogens is 3. The number of rotatable bonds is 2. The molecule has 2 aromatic rings.